The number of likely N-dealkylation sites (tertiary alicyclic amines) is 1. The first-order valence-corrected chi connectivity index (χ1v) is 10.7. The number of hydrogen-bond donors (Lipinski definition) is 1. The van der Waals surface area contributed by atoms with E-state index in [2.05, 4.69) is 31.1 Å². The van der Waals surface area contributed by atoms with Crippen LogP contribution in [0.5, 0.6) is 0 Å². The van der Waals surface area contributed by atoms with Gasteiger partial charge in [0, 0.05) is 18.2 Å². The Balaban J connectivity index is 1.89. The molecule has 0 spiro atoms. The molecular weight excluding hydrogens is 362 g/mol. The van der Waals surface area contributed by atoms with E-state index in [4.69, 9.17) is 0 Å². The minimum atomic E-state index is -0.396. The Morgan fingerprint density at radius 2 is 2.07 bits per heavy atom. The van der Waals surface area contributed by atoms with Gasteiger partial charge in [0.1, 0.15) is 0 Å². The number of carbonyl (C=O) groups is 1. The van der Waals surface area contributed by atoms with Gasteiger partial charge in [-0.25, -0.2) is 0 Å². The van der Waals surface area contributed by atoms with E-state index in [1.807, 2.05) is 0 Å². The number of benzene rings is 1. The minimum absolute atomic E-state index is 0.0201. The van der Waals surface area contributed by atoms with Crippen LogP contribution in [-0.2, 0) is 0 Å². The number of nitro benzene ring substituents is 1. The van der Waals surface area contributed by atoms with Gasteiger partial charge in [-0.05, 0) is 75.5 Å². The predicted octanol–water partition coefficient (Wildman–Crippen LogP) is 4.19. The summed E-state index contributed by atoms with van der Waals surface area (Å²) in [6.45, 7) is 7.11. The summed E-state index contributed by atoms with van der Waals surface area (Å²) in [6.07, 6.45) is 4.30. The molecule has 6 nitrogen and oxygen atoms in total. The molecule has 1 heterocycles. The van der Waals surface area contributed by atoms with Crippen LogP contribution in [-0.4, -0.2) is 48.2 Å². The van der Waals surface area contributed by atoms with Gasteiger partial charge in [-0.3, -0.25) is 14.9 Å². The number of amides is 1. The van der Waals surface area contributed by atoms with E-state index in [-0.39, 0.29) is 11.6 Å². The molecule has 1 aromatic carbocycles. The lowest BCUT2D eigenvalue weighted by atomic mass is 9.94. The third kappa shape index (κ3) is 7.14. The van der Waals surface area contributed by atoms with Crippen molar-refractivity contribution in [2.45, 2.75) is 44.4 Å². The molecule has 27 heavy (non-hydrogen) atoms. The van der Waals surface area contributed by atoms with Crippen molar-refractivity contribution in [1.82, 2.24) is 10.2 Å². The maximum Gasteiger partial charge on any atom is 0.283 e. The highest BCUT2D eigenvalue weighted by molar-refractivity contribution is 7.99. The van der Waals surface area contributed by atoms with Gasteiger partial charge in [-0.2, -0.15) is 0 Å². The highest BCUT2D eigenvalue weighted by Crippen LogP contribution is 2.31. The van der Waals surface area contributed by atoms with Crippen molar-refractivity contribution in [3.8, 4) is 0 Å². The molecule has 1 saturated heterocycles. The van der Waals surface area contributed by atoms with Crippen LogP contribution in [0.15, 0.2) is 23.1 Å². The third-order valence-corrected chi connectivity index (χ3v) is 6.14. The second kappa shape index (κ2) is 10.7. The van der Waals surface area contributed by atoms with Crippen molar-refractivity contribution in [2.75, 3.05) is 32.4 Å². The molecule has 1 amide bonds. The maximum absolute atomic E-state index is 12.4. The number of rotatable bonds is 9. The number of piperidine rings is 1. The highest BCUT2D eigenvalue weighted by Gasteiger charge is 2.19. The minimum Gasteiger partial charge on any atom is -0.352 e. The summed E-state index contributed by atoms with van der Waals surface area (Å²) in [5, 5.41) is 14.3. The molecular formula is C20H31N3O3S. The van der Waals surface area contributed by atoms with Gasteiger partial charge in [0.15, 0.2) is 0 Å². The summed E-state index contributed by atoms with van der Waals surface area (Å²) in [5.74, 6) is 1.81. The first kappa shape index (κ1) is 21.7. The summed E-state index contributed by atoms with van der Waals surface area (Å²) in [7, 11) is 2.13. The average molecular weight is 394 g/mol. The standard InChI is InChI=1S/C20H31N3O3S/c1-15(2)9-13-27-19-5-4-17(14-18(19)23(25)26)20(24)21-10-6-16-7-11-22(3)12-8-16/h4-5,14-16H,6-13H2,1-3H3,(H,21,24). The number of carbonyl (C=O) groups excluding carboxylic acids is 1. The van der Waals surface area contributed by atoms with Crippen molar-refractivity contribution >= 4 is 23.4 Å². The van der Waals surface area contributed by atoms with E-state index in [0.29, 0.717) is 28.8 Å². The van der Waals surface area contributed by atoms with Crippen molar-refractivity contribution in [3.05, 3.63) is 33.9 Å². The number of nitro groups is 1. The predicted molar refractivity (Wildman–Crippen MR) is 110 cm³/mol. The zero-order valence-electron chi connectivity index (χ0n) is 16.6. The average Bonchev–Trinajstić information content (AvgIpc) is 2.63. The molecule has 1 aromatic rings. The summed E-state index contributed by atoms with van der Waals surface area (Å²) < 4.78 is 0. The summed E-state index contributed by atoms with van der Waals surface area (Å²) in [5.41, 5.74) is 0.380. The maximum atomic E-state index is 12.4. The molecule has 0 aromatic heterocycles. The fourth-order valence-electron chi connectivity index (χ4n) is 3.17. The van der Waals surface area contributed by atoms with Crippen LogP contribution in [0.1, 0.15) is 49.9 Å². The lowest BCUT2D eigenvalue weighted by Gasteiger charge is -2.28. The summed E-state index contributed by atoms with van der Waals surface area (Å²) in [6, 6.07) is 4.80. The summed E-state index contributed by atoms with van der Waals surface area (Å²) >= 11 is 1.48. The number of thioether (sulfide) groups is 1. The van der Waals surface area contributed by atoms with Crippen molar-refractivity contribution in [3.63, 3.8) is 0 Å². The highest BCUT2D eigenvalue weighted by atomic mass is 32.2. The van der Waals surface area contributed by atoms with E-state index < -0.39 is 4.92 Å². The van der Waals surface area contributed by atoms with Gasteiger partial charge in [-0.15, -0.1) is 11.8 Å². The second-order valence-electron chi connectivity index (χ2n) is 7.76. The molecule has 0 radical (unpaired) electrons. The van der Waals surface area contributed by atoms with E-state index in [1.165, 1.54) is 30.7 Å². The molecule has 2 rings (SSSR count). The molecule has 150 valence electrons. The molecule has 1 N–H and O–H groups in total. The van der Waals surface area contributed by atoms with Crippen molar-refractivity contribution in [1.29, 1.82) is 0 Å². The Kier molecular flexibility index (Phi) is 8.57. The Morgan fingerprint density at radius 3 is 2.70 bits per heavy atom. The normalized spacial score (nSPS) is 15.9. The van der Waals surface area contributed by atoms with Gasteiger partial charge < -0.3 is 10.2 Å². The van der Waals surface area contributed by atoms with Crippen LogP contribution >= 0.6 is 11.8 Å². The molecule has 0 bridgehead atoms. The van der Waals surface area contributed by atoms with Crippen LogP contribution in [0.2, 0.25) is 0 Å². The van der Waals surface area contributed by atoms with Crippen LogP contribution < -0.4 is 5.32 Å². The van der Waals surface area contributed by atoms with Gasteiger partial charge in [0.05, 0.1) is 9.82 Å². The number of hydrogen-bond acceptors (Lipinski definition) is 5. The smallest absolute Gasteiger partial charge is 0.283 e. The fraction of sp³-hybridized carbons (Fsp3) is 0.650. The fourth-order valence-corrected chi connectivity index (χ4v) is 4.43. The molecule has 0 saturated carbocycles. The van der Waals surface area contributed by atoms with Gasteiger partial charge in [0.2, 0.25) is 0 Å². The number of nitrogens with zero attached hydrogens (tertiary/aromatic N) is 2. The van der Waals surface area contributed by atoms with Crippen LogP contribution in [0, 0.1) is 22.0 Å². The first-order valence-electron chi connectivity index (χ1n) is 9.74. The SMILES string of the molecule is CC(C)CCSc1ccc(C(=O)NCCC2CCN(C)CC2)cc1[N+](=O)[O-]. The van der Waals surface area contributed by atoms with Crippen LogP contribution in [0.3, 0.4) is 0 Å². The number of nitrogens with one attached hydrogen (secondary N) is 1. The molecule has 1 aliphatic heterocycles. The molecule has 0 unspecified atom stereocenters. The lowest BCUT2D eigenvalue weighted by molar-refractivity contribution is -0.387. The van der Waals surface area contributed by atoms with Gasteiger partial charge >= 0.3 is 0 Å². The zero-order chi connectivity index (χ0) is 19.8. The largest absolute Gasteiger partial charge is 0.352 e. The summed E-state index contributed by atoms with van der Waals surface area (Å²) in [4.78, 5) is 26.3. The van der Waals surface area contributed by atoms with E-state index in [9.17, 15) is 14.9 Å². The zero-order valence-corrected chi connectivity index (χ0v) is 17.4. The molecule has 1 fully saturated rings. The topological polar surface area (TPSA) is 75.5 Å². The Labute approximate surface area is 166 Å². The van der Waals surface area contributed by atoms with Crippen molar-refractivity contribution in [2.24, 2.45) is 11.8 Å². The Bertz CT molecular complexity index is 643. The van der Waals surface area contributed by atoms with E-state index >= 15 is 0 Å². The van der Waals surface area contributed by atoms with Crippen molar-refractivity contribution < 1.29 is 9.72 Å². The molecule has 1 aliphatic rings. The van der Waals surface area contributed by atoms with Crippen LogP contribution in [0.25, 0.3) is 0 Å². The van der Waals surface area contributed by atoms with Crippen LogP contribution in [0.4, 0.5) is 5.69 Å². The van der Waals surface area contributed by atoms with E-state index in [0.717, 1.165) is 31.7 Å². The monoisotopic (exact) mass is 393 g/mol. The molecule has 0 aliphatic carbocycles. The van der Waals surface area contributed by atoms with Gasteiger partial charge in [-0.1, -0.05) is 13.8 Å². The molecule has 0 atom stereocenters. The quantitative estimate of drug-likeness (QED) is 0.387. The van der Waals surface area contributed by atoms with E-state index in [1.54, 1.807) is 12.1 Å². The Morgan fingerprint density at radius 1 is 1.37 bits per heavy atom. The second-order valence-corrected chi connectivity index (χ2v) is 8.90. The molecule has 7 heteroatoms. The Hall–Kier alpha value is -1.60. The van der Waals surface area contributed by atoms with Gasteiger partial charge in [0.25, 0.3) is 11.6 Å². The first-order chi connectivity index (χ1) is 12.9. The third-order valence-electron chi connectivity index (χ3n) is 5.05. The lowest BCUT2D eigenvalue weighted by Crippen LogP contribution is -2.32.